The zero-order chi connectivity index (χ0) is 14.6. The van der Waals surface area contributed by atoms with Gasteiger partial charge in [0, 0.05) is 10.0 Å². The number of rotatable bonds is 6. The van der Waals surface area contributed by atoms with Crippen molar-refractivity contribution in [2.24, 2.45) is 5.73 Å². The Morgan fingerprint density at radius 2 is 1.95 bits per heavy atom. The van der Waals surface area contributed by atoms with Crippen LogP contribution in [0.2, 0.25) is 0 Å². The van der Waals surface area contributed by atoms with Gasteiger partial charge in [0.05, 0.1) is 12.6 Å². The van der Waals surface area contributed by atoms with Crippen molar-refractivity contribution in [1.29, 1.82) is 0 Å². The fraction of sp³-hybridized carbons (Fsp3) is 0.455. The molecule has 1 rings (SSSR count). The lowest BCUT2D eigenvalue weighted by Crippen LogP contribution is -2.33. The highest BCUT2D eigenvalue weighted by atomic mass is 79.9. The van der Waals surface area contributed by atoms with Crippen LogP contribution in [0.3, 0.4) is 0 Å². The fourth-order valence-electron chi connectivity index (χ4n) is 1.27. The molecule has 0 radical (unpaired) electrons. The molecule has 0 bridgehead atoms. The highest BCUT2D eigenvalue weighted by molar-refractivity contribution is 9.10. The van der Waals surface area contributed by atoms with E-state index in [1.54, 1.807) is 0 Å². The van der Waals surface area contributed by atoms with Crippen molar-refractivity contribution in [1.82, 2.24) is 0 Å². The molecule has 8 heteroatoms. The van der Waals surface area contributed by atoms with E-state index in [-0.39, 0.29) is 5.56 Å². The van der Waals surface area contributed by atoms with Gasteiger partial charge in [0.15, 0.2) is 0 Å². The third kappa shape index (κ3) is 4.70. The molecule has 2 nitrogen and oxygen atoms in total. The fourth-order valence-corrected chi connectivity index (χ4v) is 1.65. The van der Waals surface area contributed by atoms with Crippen LogP contribution < -0.4 is 5.73 Å². The molecule has 0 amide bonds. The summed E-state index contributed by atoms with van der Waals surface area (Å²) in [6.07, 6.45) is -3.81. The maximum Gasteiger partial charge on any atom is 0.330 e. The van der Waals surface area contributed by atoms with Crippen LogP contribution in [0.1, 0.15) is 11.6 Å². The van der Waals surface area contributed by atoms with Crippen LogP contribution in [0.5, 0.6) is 0 Å². The number of ether oxygens (including phenoxy) is 1. The van der Waals surface area contributed by atoms with Gasteiger partial charge in [-0.25, -0.2) is 13.2 Å². The van der Waals surface area contributed by atoms with Crippen molar-refractivity contribution in [3.8, 4) is 0 Å². The molecular weight excluding hydrogens is 337 g/mol. The standard InChI is InChI=1S/C11H11BrF5NO/c12-6-1-2-8(13)7(3-6)9(18)4-19-5-11(16,17)10(14)15/h1-3,9-10H,4-5,18H2. The summed E-state index contributed by atoms with van der Waals surface area (Å²) in [6.45, 7) is -1.95. The lowest BCUT2D eigenvalue weighted by atomic mass is 10.1. The molecule has 0 saturated heterocycles. The SMILES string of the molecule is NC(COCC(F)(F)C(F)F)c1cc(Br)ccc1F. The summed E-state index contributed by atoms with van der Waals surface area (Å²) in [5.74, 6) is -4.87. The number of alkyl halides is 4. The van der Waals surface area contributed by atoms with Crippen LogP contribution in [0.4, 0.5) is 22.0 Å². The van der Waals surface area contributed by atoms with E-state index >= 15 is 0 Å². The van der Waals surface area contributed by atoms with Crippen LogP contribution in [0.25, 0.3) is 0 Å². The van der Waals surface area contributed by atoms with Gasteiger partial charge < -0.3 is 10.5 Å². The number of nitrogens with two attached hydrogens (primary N) is 1. The first-order chi connectivity index (χ1) is 8.74. The first kappa shape index (κ1) is 16.3. The molecule has 1 atom stereocenters. The van der Waals surface area contributed by atoms with E-state index < -0.39 is 37.4 Å². The summed E-state index contributed by atoms with van der Waals surface area (Å²) in [6, 6.07) is 2.94. The van der Waals surface area contributed by atoms with E-state index in [1.807, 2.05) is 0 Å². The minimum Gasteiger partial charge on any atom is -0.373 e. The van der Waals surface area contributed by atoms with E-state index in [1.165, 1.54) is 12.1 Å². The van der Waals surface area contributed by atoms with Gasteiger partial charge in [0.25, 0.3) is 0 Å². The van der Waals surface area contributed by atoms with Crippen molar-refractivity contribution in [3.63, 3.8) is 0 Å². The van der Waals surface area contributed by atoms with Crippen molar-refractivity contribution < 1.29 is 26.7 Å². The molecule has 2 N–H and O–H groups in total. The minimum atomic E-state index is -4.24. The average molecular weight is 348 g/mol. The monoisotopic (exact) mass is 347 g/mol. The van der Waals surface area contributed by atoms with Gasteiger partial charge >= 0.3 is 12.3 Å². The molecule has 0 fully saturated rings. The predicted octanol–water partition coefficient (Wildman–Crippen LogP) is 3.51. The Labute approximate surface area is 114 Å². The highest BCUT2D eigenvalue weighted by Crippen LogP contribution is 2.24. The Morgan fingerprint density at radius 1 is 1.32 bits per heavy atom. The van der Waals surface area contributed by atoms with Crippen LogP contribution in [0.15, 0.2) is 22.7 Å². The van der Waals surface area contributed by atoms with Gasteiger partial charge in [-0.1, -0.05) is 15.9 Å². The van der Waals surface area contributed by atoms with Crippen LogP contribution in [-0.4, -0.2) is 25.6 Å². The van der Waals surface area contributed by atoms with Gasteiger partial charge in [0.2, 0.25) is 0 Å². The molecule has 0 aliphatic rings. The normalized spacial score (nSPS) is 13.9. The third-order valence-corrected chi connectivity index (χ3v) is 2.76. The molecule has 0 spiro atoms. The van der Waals surface area contributed by atoms with Gasteiger partial charge in [-0.05, 0) is 18.2 Å². The quantitative estimate of drug-likeness (QED) is 0.799. The van der Waals surface area contributed by atoms with Crippen LogP contribution in [-0.2, 0) is 4.74 Å². The van der Waals surface area contributed by atoms with Gasteiger partial charge in [-0.2, -0.15) is 8.78 Å². The third-order valence-electron chi connectivity index (χ3n) is 2.27. The second-order valence-corrected chi connectivity index (χ2v) is 4.76. The Bertz CT molecular complexity index is 430. The number of hydrogen-bond donors (Lipinski definition) is 1. The van der Waals surface area contributed by atoms with Crippen molar-refractivity contribution >= 4 is 15.9 Å². The summed E-state index contributed by atoms with van der Waals surface area (Å²) in [5.41, 5.74) is 5.60. The molecule has 0 aliphatic heterocycles. The van der Waals surface area contributed by atoms with Crippen LogP contribution >= 0.6 is 15.9 Å². The van der Waals surface area contributed by atoms with E-state index in [0.29, 0.717) is 4.47 Å². The summed E-state index contributed by atoms with van der Waals surface area (Å²) in [4.78, 5) is 0. The molecule has 0 aromatic heterocycles. The Balaban J connectivity index is 2.56. The molecule has 0 aliphatic carbocycles. The summed E-state index contributed by atoms with van der Waals surface area (Å²) >= 11 is 3.10. The molecule has 0 heterocycles. The topological polar surface area (TPSA) is 35.2 Å². The molecular formula is C11H11BrF5NO. The molecule has 0 saturated carbocycles. The van der Waals surface area contributed by atoms with Crippen molar-refractivity contribution in [2.45, 2.75) is 18.4 Å². The highest BCUT2D eigenvalue weighted by Gasteiger charge is 2.41. The van der Waals surface area contributed by atoms with E-state index in [0.717, 1.165) is 6.07 Å². The zero-order valence-corrected chi connectivity index (χ0v) is 11.1. The van der Waals surface area contributed by atoms with E-state index in [4.69, 9.17) is 5.73 Å². The number of benzene rings is 1. The lowest BCUT2D eigenvalue weighted by molar-refractivity contribution is -0.166. The Kier molecular flexibility index (Phi) is 5.69. The number of hydrogen-bond acceptors (Lipinski definition) is 2. The Morgan fingerprint density at radius 3 is 2.53 bits per heavy atom. The summed E-state index contributed by atoms with van der Waals surface area (Å²) < 4.78 is 67.2. The summed E-state index contributed by atoms with van der Waals surface area (Å²) in [5, 5.41) is 0. The maximum absolute atomic E-state index is 13.4. The minimum absolute atomic E-state index is 0.0507. The van der Waals surface area contributed by atoms with Crippen molar-refractivity contribution in [3.05, 3.63) is 34.1 Å². The lowest BCUT2D eigenvalue weighted by Gasteiger charge is -2.18. The smallest absolute Gasteiger partial charge is 0.330 e. The first-order valence-electron chi connectivity index (χ1n) is 5.18. The molecule has 1 aromatic carbocycles. The second kappa shape index (κ2) is 6.62. The number of halogens is 6. The average Bonchev–Trinajstić information content (AvgIpc) is 2.31. The molecule has 108 valence electrons. The Hall–Kier alpha value is -0.730. The second-order valence-electron chi connectivity index (χ2n) is 3.85. The predicted molar refractivity (Wildman–Crippen MR) is 62.8 cm³/mol. The molecule has 19 heavy (non-hydrogen) atoms. The van der Waals surface area contributed by atoms with Gasteiger partial charge in [-0.3, -0.25) is 0 Å². The zero-order valence-electron chi connectivity index (χ0n) is 9.55. The first-order valence-corrected chi connectivity index (χ1v) is 5.97. The largest absolute Gasteiger partial charge is 0.373 e. The van der Waals surface area contributed by atoms with Gasteiger partial charge in [-0.15, -0.1) is 0 Å². The molecule has 1 unspecified atom stereocenters. The van der Waals surface area contributed by atoms with E-state index in [9.17, 15) is 22.0 Å². The van der Waals surface area contributed by atoms with Crippen LogP contribution in [0, 0.1) is 5.82 Å². The maximum atomic E-state index is 13.4. The van der Waals surface area contributed by atoms with Gasteiger partial charge in [0.1, 0.15) is 12.4 Å². The molecule has 1 aromatic rings. The summed E-state index contributed by atoms with van der Waals surface area (Å²) in [7, 11) is 0. The van der Waals surface area contributed by atoms with E-state index in [2.05, 4.69) is 20.7 Å². The van der Waals surface area contributed by atoms with Crippen molar-refractivity contribution in [2.75, 3.05) is 13.2 Å².